The van der Waals surface area contributed by atoms with E-state index < -0.39 is 0 Å². The first kappa shape index (κ1) is 18.5. The number of ether oxygens (including phenoxy) is 1. The highest BCUT2D eigenvalue weighted by Gasteiger charge is 2.13. The Labute approximate surface area is 157 Å². The van der Waals surface area contributed by atoms with Crippen LogP contribution in [0.4, 0.5) is 5.69 Å². The summed E-state index contributed by atoms with van der Waals surface area (Å²) in [4.78, 5) is 17.3. The average molecular weight is 366 g/mol. The summed E-state index contributed by atoms with van der Waals surface area (Å²) in [5.74, 6) is 0.948. The molecule has 0 aliphatic carbocycles. The molecule has 140 valence electrons. The molecule has 0 bridgehead atoms. The van der Waals surface area contributed by atoms with Gasteiger partial charge in [0.15, 0.2) is 12.4 Å². The quantitative estimate of drug-likeness (QED) is 0.493. The van der Waals surface area contributed by atoms with E-state index in [-0.39, 0.29) is 12.5 Å². The van der Waals surface area contributed by atoms with Gasteiger partial charge in [0.25, 0.3) is 5.91 Å². The first-order valence-corrected chi connectivity index (χ1v) is 8.77. The molecule has 3 rings (SSSR count). The van der Waals surface area contributed by atoms with Crippen molar-refractivity contribution in [1.82, 2.24) is 0 Å². The number of furan rings is 1. The van der Waals surface area contributed by atoms with Gasteiger partial charge >= 0.3 is 0 Å². The van der Waals surface area contributed by atoms with E-state index in [1.807, 2.05) is 50.2 Å². The molecule has 0 saturated heterocycles. The molecular weight excluding hydrogens is 344 g/mol. The second-order valence-electron chi connectivity index (χ2n) is 5.98. The molecule has 0 unspecified atom stereocenters. The number of oxime groups is 1. The number of hydrogen-bond acceptors (Lipinski definition) is 5. The Balaban J connectivity index is 1.62. The van der Waals surface area contributed by atoms with Crippen molar-refractivity contribution < 1.29 is 18.8 Å². The van der Waals surface area contributed by atoms with Gasteiger partial charge in [-0.05, 0) is 39.0 Å². The van der Waals surface area contributed by atoms with Crippen molar-refractivity contribution >= 4 is 28.3 Å². The summed E-state index contributed by atoms with van der Waals surface area (Å²) in [6.07, 6.45) is 0. The number of carbonyl (C=O) groups excluding carboxylic acids is 1. The van der Waals surface area contributed by atoms with Gasteiger partial charge in [-0.25, -0.2) is 0 Å². The topological polar surface area (TPSA) is 73.1 Å². The van der Waals surface area contributed by atoms with Crippen LogP contribution in [-0.4, -0.2) is 24.8 Å². The van der Waals surface area contributed by atoms with Gasteiger partial charge in [0.1, 0.15) is 17.0 Å². The number of nitrogens with zero attached hydrogens (tertiary/aromatic N) is 1. The van der Waals surface area contributed by atoms with Crippen LogP contribution in [0.1, 0.15) is 25.2 Å². The number of hydrogen-bond donors (Lipinski definition) is 1. The molecule has 0 radical (unpaired) electrons. The predicted octanol–water partition coefficient (Wildman–Crippen LogP) is 4.52. The number of amides is 1. The molecule has 1 N–H and O–H groups in total. The van der Waals surface area contributed by atoms with Gasteiger partial charge in [-0.1, -0.05) is 35.5 Å². The van der Waals surface area contributed by atoms with Crippen LogP contribution in [0.3, 0.4) is 0 Å². The SMILES string of the molecule is CCOc1ccccc1NC(=O)CO/N=C(\C)c1oc2ccccc2c1C. The van der Waals surface area contributed by atoms with Crippen molar-refractivity contribution in [3.8, 4) is 5.75 Å². The zero-order valence-corrected chi connectivity index (χ0v) is 15.6. The Morgan fingerprint density at radius 2 is 1.89 bits per heavy atom. The van der Waals surface area contributed by atoms with E-state index in [0.29, 0.717) is 29.5 Å². The Morgan fingerprint density at radius 3 is 2.67 bits per heavy atom. The van der Waals surface area contributed by atoms with E-state index in [1.54, 1.807) is 19.1 Å². The lowest BCUT2D eigenvalue weighted by Gasteiger charge is -2.10. The molecule has 0 spiro atoms. The standard InChI is InChI=1S/C21H22N2O4/c1-4-25-19-12-8-6-10-17(19)22-20(24)13-26-23-15(3)21-14(2)16-9-5-7-11-18(16)27-21/h5-12H,4,13H2,1-3H3,(H,22,24)/b23-15+. The summed E-state index contributed by atoms with van der Waals surface area (Å²) in [6, 6.07) is 15.0. The number of benzene rings is 2. The van der Waals surface area contributed by atoms with Gasteiger partial charge in [0, 0.05) is 10.9 Å². The zero-order valence-electron chi connectivity index (χ0n) is 15.6. The van der Waals surface area contributed by atoms with Crippen molar-refractivity contribution in [3.63, 3.8) is 0 Å². The van der Waals surface area contributed by atoms with Crippen LogP contribution in [0.25, 0.3) is 11.0 Å². The number of fused-ring (bicyclic) bond motifs is 1. The van der Waals surface area contributed by atoms with Gasteiger partial charge in [-0.2, -0.15) is 0 Å². The number of para-hydroxylation sites is 3. The summed E-state index contributed by atoms with van der Waals surface area (Å²) in [5.41, 5.74) is 2.96. The molecule has 3 aromatic rings. The second-order valence-corrected chi connectivity index (χ2v) is 5.98. The van der Waals surface area contributed by atoms with Crippen LogP contribution >= 0.6 is 0 Å². The normalized spacial score (nSPS) is 11.4. The fourth-order valence-electron chi connectivity index (χ4n) is 2.79. The maximum atomic E-state index is 12.1. The summed E-state index contributed by atoms with van der Waals surface area (Å²) >= 11 is 0. The highest BCUT2D eigenvalue weighted by atomic mass is 16.6. The van der Waals surface area contributed by atoms with Gasteiger partial charge in [-0.3, -0.25) is 4.79 Å². The van der Waals surface area contributed by atoms with Crippen LogP contribution in [0.2, 0.25) is 0 Å². The van der Waals surface area contributed by atoms with Crippen molar-refractivity contribution in [2.24, 2.45) is 5.16 Å². The van der Waals surface area contributed by atoms with Gasteiger partial charge < -0.3 is 19.3 Å². The van der Waals surface area contributed by atoms with Crippen molar-refractivity contribution in [1.29, 1.82) is 0 Å². The van der Waals surface area contributed by atoms with E-state index in [4.69, 9.17) is 14.0 Å². The second kappa shape index (κ2) is 8.40. The average Bonchev–Trinajstić information content (AvgIpc) is 3.01. The van der Waals surface area contributed by atoms with Crippen molar-refractivity contribution in [3.05, 3.63) is 59.9 Å². The monoisotopic (exact) mass is 366 g/mol. The molecule has 0 atom stereocenters. The summed E-state index contributed by atoms with van der Waals surface area (Å²) < 4.78 is 11.3. The highest BCUT2D eigenvalue weighted by Crippen LogP contribution is 2.25. The molecule has 6 heteroatoms. The summed E-state index contributed by atoms with van der Waals surface area (Å²) in [5, 5.41) is 7.82. The molecule has 6 nitrogen and oxygen atoms in total. The molecule has 0 aliphatic heterocycles. The minimum absolute atomic E-state index is 0.211. The molecule has 0 aliphatic rings. The lowest BCUT2D eigenvalue weighted by atomic mass is 10.1. The Bertz CT molecular complexity index is 975. The Morgan fingerprint density at radius 1 is 1.15 bits per heavy atom. The highest BCUT2D eigenvalue weighted by molar-refractivity contribution is 6.02. The smallest absolute Gasteiger partial charge is 0.265 e. The first-order chi connectivity index (χ1) is 13.1. The lowest BCUT2D eigenvalue weighted by molar-refractivity contribution is -0.120. The van der Waals surface area contributed by atoms with Crippen LogP contribution in [0.5, 0.6) is 5.75 Å². The third kappa shape index (κ3) is 4.28. The Kier molecular flexibility index (Phi) is 5.76. The summed E-state index contributed by atoms with van der Waals surface area (Å²) in [7, 11) is 0. The zero-order chi connectivity index (χ0) is 19.2. The minimum atomic E-state index is -0.319. The maximum Gasteiger partial charge on any atom is 0.265 e. The molecular formula is C21H22N2O4. The van der Waals surface area contributed by atoms with Gasteiger partial charge in [-0.15, -0.1) is 0 Å². The van der Waals surface area contributed by atoms with Crippen LogP contribution in [0, 0.1) is 6.92 Å². The van der Waals surface area contributed by atoms with E-state index >= 15 is 0 Å². The molecule has 1 aromatic heterocycles. The minimum Gasteiger partial charge on any atom is -0.492 e. The maximum absolute atomic E-state index is 12.1. The van der Waals surface area contributed by atoms with Crippen LogP contribution < -0.4 is 10.1 Å². The van der Waals surface area contributed by atoms with E-state index in [1.165, 1.54) is 0 Å². The van der Waals surface area contributed by atoms with Crippen LogP contribution in [0.15, 0.2) is 58.1 Å². The summed E-state index contributed by atoms with van der Waals surface area (Å²) in [6.45, 7) is 5.95. The largest absolute Gasteiger partial charge is 0.492 e. The van der Waals surface area contributed by atoms with E-state index in [2.05, 4.69) is 10.5 Å². The fourth-order valence-corrected chi connectivity index (χ4v) is 2.79. The molecule has 0 fully saturated rings. The van der Waals surface area contributed by atoms with E-state index in [9.17, 15) is 4.79 Å². The van der Waals surface area contributed by atoms with Crippen molar-refractivity contribution in [2.75, 3.05) is 18.5 Å². The number of carbonyl (C=O) groups is 1. The predicted molar refractivity (Wildman–Crippen MR) is 105 cm³/mol. The Hall–Kier alpha value is -3.28. The third-order valence-corrected chi connectivity index (χ3v) is 4.03. The molecule has 2 aromatic carbocycles. The first-order valence-electron chi connectivity index (χ1n) is 8.77. The van der Waals surface area contributed by atoms with Gasteiger partial charge in [0.05, 0.1) is 12.3 Å². The molecule has 1 heterocycles. The van der Waals surface area contributed by atoms with Crippen LogP contribution in [-0.2, 0) is 9.63 Å². The lowest BCUT2D eigenvalue weighted by Crippen LogP contribution is -2.18. The number of anilines is 1. The van der Waals surface area contributed by atoms with E-state index in [0.717, 1.165) is 16.5 Å². The fraction of sp³-hybridized carbons (Fsp3) is 0.238. The molecule has 27 heavy (non-hydrogen) atoms. The molecule has 1 amide bonds. The van der Waals surface area contributed by atoms with Crippen molar-refractivity contribution in [2.45, 2.75) is 20.8 Å². The number of nitrogens with one attached hydrogen (secondary N) is 1. The molecule has 0 saturated carbocycles. The number of rotatable bonds is 7. The number of aryl methyl sites for hydroxylation is 1. The van der Waals surface area contributed by atoms with Gasteiger partial charge in [0.2, 0.25) is 0 Å². The third-order valence-electron chi connectivity index (χ3n) is 4.03.